The van der Waals surface area contributed by atoms with Gasteiger partial charge in [-0.3, -0.25) is 9.20 Å². The van der Waals surface area contributed by atoms with Crippen molar-refractivity contribution in [2.45, 2.75) is 31.9 Å². The highest BCUT2D eigenvalue weighted by atomic mass is 127. The van der Waals surface area contributed by atoms with Crippen LogP contribution in [0.25, 0.3) is 0 Å². The van der Waals surface area contributed by atoms with Gasteiger partial charge in [0.05, 0.1) is 19.8 Å². The number of aliphatic imine (C=N–C) groups is 1. The summed E-state index contributed by atoms with van der Waals surface area (Å²) in [5, 5.41) is 3.33. The molecule has 1 aliphatic rings. The summed E-state index contributed by atoms with van der Waals surface area (Å²) in [7, 11) is 2.64. The Morgan fingerprint density at radius 3 is 2.67 bits per heavy atom. The monoisotopic (exact) mass is 475 g/mol. The molecule has 2 unspecified atom stereocenters. The molecule has 144 valence electrons. The van der Waals surface area contributed by atoms with Crippen LogP contribution in [0.2, 0.25) is 0 Å². The number of ether oxygens (including phenoxy) is 2. The molecule has 0 aliphatic carbocycles. The van der Waals surface area contributed by atoms with Crippen molar-refractivity contribution >= 4 is 40.7 Å². The average Bonchev–Trinajstić information content (AvgIpc) is 2.95. The zero-order valence-electron chi connectivity index (χ0n) is 15.7. The number of hydrogen-bond donors (Lipinski definition) is 1. The van der Waals surface area contributed by atoms with Crippen molar-refractivity contribution in [3.05, 3.63) is 0 Å². The highest BCUT2D eigenvalue weighted by molar-refractivity contribution is 14.0. The van der Waals surface area contributed by atoms with E-state index in [4.69, 9.17) is 9.47 Å². The predicted octanol–water partition coefficient (Wildman–Crippen LogP) is 1.71. The predicted molar refractivity (Wildman–Crippen MR) is 112 cm³/mol. The van der Waals surface area contributed by atoms with Crippen LogP contribution in [0.5, 0.6) is 0 Å². The molecule has 1 fully saturated rings. The molecule has 0 aromatic rings. The lowest BCUT2D eigenvalue weighted by molar-refractivity contribution is 0.0536. The van der Waals surface area contributed by atoms with Crippen molar-refractivity contribution in [3.63, 3.8) is 0 Å². The number of nitrogens with one attached hydrogen (secondary N) is 1. The molecule has 0 saturated carbocycles. The summed E-state index contributed by atoms with van der Waals surface area (Å²) in [6.45, 7) is 10.7. The Kier molecular flexibility index (Phi) is 12.5. The Hall–Kier alpha value is 0.0700. The van der Waals surface area contributed by atoms with Gasteiger partial charge in [-0.1, -0.05) is 0 Å². The smallest absolute Gasteiger partial charge is 0.193 e. The highest BCUT2D eigenvalue weighted by Gasteiger charge is 2.25. The molecule has 1 heterocycles. The Bertz CT molecular complexity index is 403. The van der Waals surface area contributed by atoms with Crippen LogP contribution in [0.4, 0.5) is 0 Å². The quantitative estimate of drug-likeness (QED) is 0.251. The molecule has 2 atom stereocenters. The number of nitrogens with zero attached hydrogens (tertiary/aromatic N) is 2. The maximum Gasteiger partial charge on any atom is 0.193 e. The summed E-state index contributed by atoms with van der Waals surface area (Å²) in [5.41, 5.74) is 0. The molecular weight excluding hydrogens is 441 g/mol. The fraction of sp³-hybridized carbons (Fsp3) is 0.938. The lowest BCUT2D eigenvalue weighted by Gasteiger charge is -2.23. The molecule has 0 radical (unpaired) electrons. The minimum absolute atomic E-state index is 0. The van der Waals surface area contributed by atoms with Crippen molar-refractivity contribution in [3.8, 4) is 0 Å². The first kappa shape index (κ1) is 24.1. The molecule has 1 aliphatic heterocycles. The van der Waals surface area contributed by atoms with E-state index < -0.39 is 10.8 Å². The van der Waals surface area contributed by atoms with Gasteiger partial charge in [0.15, 0.2) is 5.96 Å². The number of halogens is 1. The zero-order chi connectivity index (χ0) is 17.3. The van der Waals surface area contributed by atoms with Crippen LogP contribution in [0.1, 0.15) is 27.2 Å². The molecule has 6 nitrogen and oxygen atoms in total. The minimum Gasteiger partial charge on any atom is -0.382 e. The number of hydrogen-bond acceptors (Lipinski definition) is 4. The maximum absolute atomic E-state index is 12.1. The first-order valence-electron chi connectivity index (χ1n) is 8.29. The van der Waals surface area contributed by atoms with Gasteiger partial charge in [0.2, 0.25) is 0 Å². The van der Waals surface area contributed by atoms with E-state index in [2.05, 4.69) is 15.2 Å². The molecule has 1 saturated heterocycles. The Labute approximate surface area is 166 Å². The molecule has 0 aromatic heterocycles. The van der Waals surface area contributed by atoms with E-state index >= 15 is 0 Å². The van der Waals surface area contributed by atoms with Crippen molar-refractivity contribution in [1.82, 2.24) is 10.2 Å². The van der Waals surface area contributed by atoms with Crippen molar-refractivity contribution in [1.29, 1.82) is 0 Å². The van der Waals surface area contributed by atoms with Crippen LogP contribution in [0.3, 0.4) is 0 Å². The molecule has 1 rings (SSSR count). The van der Waals surface area contributed by atoms with Crippen LogP contribution in [-0.2, 0) is 20.3 Å². The van der Waals surface area contributed by atoms with Crippen molar-refractivity contribution in [2.24, 2.45) is 10.9 Å². The average molecular weight is 475 g/mol. The summed E-state index contributed by atoms with van der Waals surface area (Å²) in [5.74, 6) is 2.07. The van der Waals surface area contributed by atoms with E-state index in [0.29, 0.717) is 31.4 Å². The minimum atomic E-state index is -0.839. The number of methoxy groups -OCH3 is 1. The van der Waals surface area contributed by atoms with Gasteiger partial charge in [0.25, 0.3) is 0 Å². The Morgan fingerprint density at radius 2 is 2.08 bits per heavy atom. The standard InChI is InChI=1S/C16H33N3O3S.HI/c1-16(2,3)23(20)11-7-18-15(17-4)19-8-6-14(12-19)13-22-10-9-21-5;/h14H,6-13H2,1-5H3,(H,17,18);1H. The normalized spacial score (nSPS) is 20.0. The Morgan fingerprint density at radius 1 is 1.38 bits per heavy atom. The lowest BCUT2D eigenvalue weighted by atomic mass is 10.1. The van der Waals surface area contributed by atoms with E-state index in [1.54, 1.807) is 14.2 Å². The number of guanidine groups is 1. The van der Waals surface area contributed by atoms with Gasteiger partial charge >= 0.3 is 0 Å². The van der Waals surface area contributed by atoms with Gasteiger partial charge in [0, 0.05) is 61.0 Å². The second-order valence-electron chi connectivity index (χ2n) is 6.80. The maximum atomic E-state index is 12.1. The van der Waals surface area contributed by atoms with Gasteiger partial charge in [0.1, 0.15) is 0 Å². The summed E-state index contributed by atoms with van der Waals surface area (Å²) in [4.78, 5) is 6.60. The second-order valence-corrected chi connectivity index (χ2v) is 9.13. The topological polar surface area (TPSA) is 63.2 Å². The van der Waals surface area contributed by atoms with E-state index in [-0.39, 0.29) is 28.7 Å². The third kappa shape index (κ3) is 8.96. The largest absolute Gasteiger partial charge is 0.382 e. The van der Waals surface area contributed by atoms with Gasteiger partial charge in [-0.15, -0.1) is 24.0 Å². The van der Waals surface area contributed by atoms with Crippen molar-refractivity contribution < 1.29 is 13.7 Å². The molecule has 8 heteroatoms. The van der Waals surface area contributed by atoms with E-state index in [1.807, 2.05) is 20.8 Å². The van der Waals surface area contributed by atoms with Crippen molar-refractivity contribution in [2.75, 3.05) is 59.4 Å². The van der Waals surface area contributed by atoms with Gasteiger partial charge in [-0.05, 0) is 27.2 Å². The fourth-order valence-electron chi connectivity index (χ4n) is 2.45. The SMILES string of the molecule is CN=C(NCCS(=O)C(C)(C)C)N1CCC(COCCOC)C1.I. The lowest BCUT2D eigenvalue weighted by Crippen LogP contribution is -2.42. The summed E-state index contributed by atoms with van der Waals surface area (Å²) in [6.07, 6.45) is 1.11. The summed E-state index contributed by atoms with van der Waals surface area (Å²) < 4.78 is 22.5. The van der Waals surface area contributed by atoms with E-state index in [0.717, 1.165) is 32.1 Å². The third-order valence-corrected chi connectivity index (χ3v) is 5.78. The van der Waals surface area contributed by atoms with Crippen LogP contribution >= 0.6 is 24.0 Å². The molecule has 0 amide bonds. The Balaban J connectivity index is 0.00000529. The van der Waals surface area contributed by atoms with Crippen LogP contribution in [-0.4, -0.2) is 79.2 Å². The third-order valence-electron chi connectivity index (χ3n) is 3.84. The fourth-order valence-corrected chi connectivity index (χ4v) is 3.35. The molecule has 0 spiro atoms. The number of rotatable bonds is 8. The van der Waals surface area contributed by atoms with Gasteiger partial charge < -0.3 is 19.7 Å². The van der Waals surface area contributed by atoms with E-state index in [1.165, 1.54) is 0 Å². The van der Waals surface area contributed by atoms with Crippen LogP contribution < -0.4 is 5.32 Å². The highest BCUT2D eigenvalue weighted by Crippen LogP contribution is 2.16. The van der Waals surface area contributed by atoms with Crippen LogP contribution in [0, 0.1) is 5.92 Å². The molecular formula is C16H34IN3O3S. The zero-order valence-corrected chi connectivity index (χ0v) is 18.8. The summed E-state index contributed by atoms with van der Waals surface area (Å²) >= 11 is 0. The van der Waals surface area contributed by atoms with Gasteiger partial charge in [-0.25, -0.2) is 0 Å². The van der Waals surface area contributed by atoms with Crippen LogP contribution in [0.15, 0.2) is 4.99 Å². The number of likely N-dealkylation sites (tertiary alicyclic amines) is 1. The second kappa shape index (κ2) is 12.4. The first-order chi connectivity index (χ1) is 10.9. The molecule has 0 bridgehead atoms. The first-order valence-corrected chi connectivity index (χ1v) is 9.61. The molecule has 1 N–H and O–H groups in total. The molecule has 0 aromatic carbocycles. The van der Waals surface area contributed by atoms with Gasteiger partial charge in [-0.2, -0.15) is 0 Å². The molecule has 24 heavy (non-hydrogen) atoms. The van der Waals surface area contributed by atoms with E-state index in [9.17, 15) is 4.21 Å². The summed E-state index contributed by atoms with van der Waals surface area (Å²) in [6, 6.07) is 0.